The van der Waals surface area contributed by atoms with Crippen LogP contribution in [0.4, 0.5) is 5.69 Å². The highest BCUT2D eigenvalue weighted by Gasteiger charge is 1.92. The lowest BCUT2D eigenvalue weighted by molar-refractivity contribution is 1.13. The van der Waals surface area contributed by atoms with E-state index >= 15 is 0 Å². The number of rotatable bonds is 4. The number of benzene rings is 1. The third kappa shape index (κ3) is 4.11. The minimum atomic E-state index is 1.16. The second-order valence-corrected chi connectivity index (χ2v) is 4.48. The number of nitrogens with zero attached hydrogens (tertiary/aromatic N) is 2. The minimum absolute atomic E-state index is 1.16. The highest BCUT2D eigenvalue weighted by Crippen LogP contribution is 2.13. The summed E-state index contributed by atoms with van der Waals surface area (Å²) in [6, 6.07) is 12.4. The fraction of sp³-hybridized carbons (Fsp3) is 0.118. The Balaban J connectivity index is 1.97. The van der Waals surface area contributed by atoms with Gasteiger partial charge in [0.05, 0.1) is 0 Å². The Morgan fingerprint density at radius 2 is 1.32 bits per heavy atom. The van der Waals surface area contributed by atoms with Gasteiger partial charge in [-0.3, -0.25) is 4.98 Å². The van der Waals surface area contributed by atoms with Crippen LogP contribution < -0.4 is 4.90 Å². The van der Waals surface area contributed by atoms with E-state index < -0.39 is 0 Å². The first-order valence-electron chi connectivity index (χ1n) is 6.28. The summed E-state index contributed by atoms with van der Waals surface area (Å²) in [5.41, 5.74) is 3.57. The normalized spacial score (nSPS) is 11.3. The van der Waals surface area contributed by atoms with Crippen LogP contribution in [-0.4, -0.2) is 19.1 Å². The standard InChI is InChI=1S/C17H18N2/c1-19(2)17-9-7-15(8-10-17)5-3-4-6-16-11-13-18-14-12-16/h3-14H,1-2H3/b5-3+,6-4+. The largest absolute Gasteiger partial charge is 0.378 e. The lowest BCUT2D eigenvalue weighted by Crippen LogP contribution is -2.07. The van der Waals surface area contributed by atoms with Gasteiger partial charge in [-0.1, -0.05) is 36.4 Å². The molecule has 1 heterocycles. The SMILES string of the molecule is CN(C)c1ccc(/C=C/C=C/c2ccncc2)cc1. The zero-order chi connectivity index (χ0) is 13.5. The van der Waals surface area contributed by atoms with Gasteiger partial charge in [0.1, 0.15) is 0 Å². The zero-order valence-corrected chi connectivity index (χ0v) is 11.3. The van der Waals surface area contributed by atoms with Crippen LogP contribution in [0.25, 0.3) is 12.2 Å². The fourth-order valence-electron chi connectivity index (χ4n) is 1.69. The third-order valence-corrected chi connectivity index (χ3v) is 2.80. The molecule has 1 aromatic carbocycles. The number of anilines is 1. The number of allylic oxidation sites excluding steroid dienone is 2. The van der Waals surface area contributed by atoms with Crippen molar-refractivity contribution >= 4 is 17.8 Å². The summed E-state index contributed by atoms with van der Waals surface area (Å²) in [6.45, 7) is 0. The van der Waals surface area contributed by atoms with Crippen LogP contribution in [0.2, 0.25) is 0 Å². The van der Waals surface area contributed by atoms with Gasteiger partial charge >= 0.3 is 0 Å². The zero-order valence-electron chi connectivity index (χ0n) is 11.3. The molecule has 2 heteroatoms. The Morgan fingerprint density at radius 3 is 1.84 bits per heavy atom. The molecular weight excluding hydrogens is 232 g/mol. The van der Waals surface area contributed by atoms with E-state index in [0.717, 1.165) is 5.56 Å². The Kier molecular flexibility index (Phi) is 4.51. The van der Waals surface area contributed by atoms with Crippen LogP contribution in [0.3, 0.4) is 0 Å². The molecule has 0 N–H and O–H groups in total. The lowest BCUT2D eigenvalue weighted by atomic mass is 10.2. The summed E-state index contributed by atoms with van der Waals surface area (Å²) in [7, 11) is 4.09. The van der Waals surface area contributed by atoms with E-state index in [2.05, 4.69) is 46.3 Å². The molecule has 2 aromatic rings. The van der Waals surface area contributed by atoms with E-state index in [4.69, 9.17) is 0 Å². The molecular formula is C17H18N2. The summed E-state index contributed by atoms with van der Waals surface area (Å²) in [4.78, 5) is 6.08. The molecule has 0 spiro atoms. The Bertz CT molecular complexity index is 552. The van der Waals surface area contributed by atoms with Gasteiger partial charge in [0.25, 0.3) is 0 Å². The van der Waals surface area contributed by atoms with Crippen LogP contribution >= 0.6 is 0 Å². The van der Waals surface area contributed by atoms with Crippen LogP contribution in [0.15, 0.2) is 60.9 Å². The molecule has 0 saturated carbocycles. The molecule has 0 aliphatic rings. The number of hydrogen-bond acceptors (Lipinski definition) is 2. The van der Waals surface area contributed by atoms with Gasteiger partial charge in [0, 0.05) is 32.2 Å². The van der Waals surface area contributed by atoms with Gasteiger partial charge in [-0.05, 0) is 35.4 Å². The maximum Gasteiger partial charge on any atom is 0.0361 e. The average molecular weight is 250 g/mol. The smallest absolute Gasteiger partial charge is 0.0361 e. The Morgan fingerprint density at radius 1 is 0.789 bits per heavy atom. The van der Waals surface area contributed by atoms with Gasteiger partial charge in [-0.25, -0.2) is 0 Å². The van der Waals surface area contributed by atoms with Gasteiger partial charge in [0.15, 0.2) is 0 Å². The van der Waals surface area contributed by atoms with Crippen molar-refractivity contribution in [3.63, 3.8) is 0 Å². The molecule has 2 nitrogen and oxygen atoms in total. The molecule has 0 bridgehead atoms. The molecule has 0 saturated heterocycles. The summed E-state index contributed by atoms with van der Waals surface area (Å²) >= 11 is 0. The third-order valence-electron chi connectivity index (χ3n) is 2.80. The fourth-order valence-corrected chi connectivity index (χ4v) is 1.69. The predicted octanol–water partition coefficient (Wildman–Crippen LogP) is 3.87. The molecule has 96 valence electrons. The van der Waals surface area contributed by atoms with Crippen molar-refractivity contribution in [2.24, 2.45) is 0 Å². The second kappa shape index (κ2) is 6.55. The van der Waals surface area contributed by atoms with E-state index in [-0.39, 0.29) is 0 Å². The van der Waals surface area contributed by atoms with Gasteiger partial charge < -0.3 is 4.90 Å². The van der Waals surface area contributed by atoms with Crippen molar-refractivity contribution in [3.8, 4) is 0 Å². The lowest BCUT2D eigenvalue weighted by Gasteiger charge is -2.11. The highest BCUT2D eigenvalue weighted by molar-refractivity contribution is 5.59. The maximum absolute atomic E-state index is 3.99. The van der Waals surface area contributed by atoms with Crippen molar-refractivity contribution in [1.29, 1.82) is 0 Å². The molecule has 0 unspecified atom stereocenters. The van der Waals surface area contributed by atoms with E-state index in [9.17, 15) is 0 Å². The van der Waals surface area contributed by atoms with E-state index in [1.807, 2.05) is 38.4 Å². The molecule has 19 heavy (non-hydrogen) atoms. The Hall–Kier alpha value is -2.35. The van der Waals surface area contributed by atoms with E-state index in [0.29, 0.717) is 0 Å². The van der Waals surface area contributed by atoms with Crippen molar-refractivity contribution < 1.29 is 0 Å². The maximum atomic E-state index is 3.99. The molecule has 0 amide bonds. The quantitative estimate of drug-likeness (QED) is 0.766. The highest BCUT2D eigenvalue weighted by atomic mass is 15.1. The molecule has 0 radical (unpaired) electrons. The van der Waals surface area contributed by atoms with Crippen LogP contribution in [-0.2, 0) is 0 Å². The molecule has 2 rings (SSSR count). The van der Waals surface area contributed by atoms with Gasteiger partial charge in [-0.15, -0.1) is 0 Å². The first-order chi connectivity index (χ1) is 9.25. The van der Waals surface area contributed by atoms with Crippen molar-refractivity contribution in [2.75, 3.05) is 19.0 Å². The van der Waals surface area contributed by atoms with Gasteiger partial charge in [0.2, 0.25) is 0 Å². The summed E-state index contributed by atoms with van der Waals surface area (Å²) < 4.78 is 0. The Labute approximate surface area is 114 Å². The van der Waals surface area contributed by atoms with Crippen LogP contribution in [0.1, 0.15) is 11.1 Å². The first kappa shape index (κ1) is 13.1. The number of aromatic nitrogens is 1. The molecule has 0 fully saturated rings. The van der Waals surface area contributed by atoms with Crippen molar-refractivity contribution in [1.82, 2.24) is 4.98 Å². The average Bonchev–Trinajstić information content (AvgIpc) is 2.45. The topological polar surface area (TPSA) is 16.1 Å². The summed E-state index contributed by atoms with van der Waals surface area (Å²) in [5, 5.41) is 0. The second-order valence-electron chi connectivity index (χ2n) is 4.48. The minimum Gasteiger partial charge on any atom is -0.378 e. The molecule has 1 aromatic heterocycles. The molecule has 0 aliphatic carbocycles. The number of hydrogen-bond donors (Lipinski definition) is 0. The van der Waals surface area contributed by atoms with E-state index in [1.165, 1.54) is 11.3 Å². The van der Waals surface area contributed by atoms with Crippen molar-refractivity contribution in [3.05, 3.63) is 72.1 Å². The van der Waals surface area contributed by atoms with Crippen LogP contribution in [0, 0.1) is 0 Å². The summed E-state index contributed by atoms with van der Waals surface area (Å²) in [6.07, 6.45) is 11.8. The predicted molar refractivity (Wildman–Crippen MR) is 83.1 cm³/mol. The van der Waals surface area contributed by atoms with Crippen LogP contribution in [0.5, 0.6) is 0 Å². The summed E-state index contributed by atoms with van der Waals surface area (Å²) in [5.74, 6) is 0. The van der Waals surface area contributed by atoms with Gasteiger partial charge in [-0.2, -0.15) is 0 Å². The number of pyridine rings is 1. The van der Waals surface area contributed by atoms with E-state index in [1.54, 1.807) is 12.4 Å². The molecule has 0 aliphatic heterocycles. The molecule has 0 atom stereocenters. The first-order valence-corrected chi connectivity index (χ1v) is 6.28. The monoisotopic (exact) mass is 250 g/mol. The van der Waals surface area contributed by atoms with Crippen molar-refractivity contribution in [2.45, 2.75) is 0 Å².